The van der Waals surface area contributed by atoms with E-state index >= 15 is 0 Å². The molecule has 0 saturated heterocycles. The van der Waals surface area contributed by atoms with Gasteiger partial charge < -0.3 is 14.3 Å². The smallest absolute Gasteiger partial charge is 0.304 e. The molecule has 1 atom stereocenters. The summed E-state index contributed by atoms with van der Waals surface area (Å²) in [4.78, 5) is 15.6. The van der Waals surface area contributed by atoms with Gasteiger partial charge in [0, 0.05) is 5.56 Å². The molecule has 2 aromatic carbocycles. The maximum Gasteiger partial charge on any atom is 0.304 e. The normalized spacial score (nSPS) is 12.2. The van der Waals surface area contributed by atoms with Crippen molar-refractivity contribution in [2.75, 3.05) is 7.11 Å². The van der Waals surface area contributed by atoms with Crippen LogP contribution in [-0.2, 0) is 4.79 Å². The molecule has 1 heterocycles. The van der Waals surface area contributed by atoms with Gasteiger partial charge in [-0.1, -0.05) is 19.9 Å². The van der Waals surface area contributed by atoms with Crippen molar-refractivity contribution in [3.63, 3.8) is 0 Å². The average Bonchev–Trinajstić information content (AvgIpc) is 3.10. The molecule has 0 fully saturated rings. The highest BCUT2D eigenvalue weighted by atomic mass is 19.1. The minimum Gasteiger partial charge on any atom is -0.496 e. The number of benzene rings is 2. The first kappa shape index (κ1) is 20.6. The van der Waals surface area contributed by atoms with Gasteiger partial charge in [0.1, 0.15) is 17.3 Å². The van der Waals surface area contributed by atoms with Gasteiger partial charge >= 0.3 is 5.97 Å². The molecule has 0 amide bonds. The Bertz CT molecular complexity index is 1030. The fourth-order valence-corrected chi connectivity index (χ4v) is 3.33. The molecule has 0 saturated carbocycles. The van der Waals surface area contributed by atoms with Gasteiger partial charge in [0.15, 0.2) is 0 Å². The van der Waals surface area contributed by atoms with Gasteiger partial charge in [0.05, 0.1) is 25.6 Å². The Morgan fingerprint density at radius 1 is 1.21 bits per heavy atom. The number of carboxylic acids is 1. The van der Waals surface area contributed by atoms with E-state index in [4.69, 9.17) is 9.15 Å². The van der Waals surface area contributed by atoms with E-state index in [-0.39, 0.29) is 12.3 Å². The third-order valence-electron chi connectivity index (χ3n) is 4.84. The number of hydrogen-bond donors (Lipinski definition) is 1. The summed E-state index contributed by atoms with van der Waals surface area (Å²) in [6.45, 7) is 5.89. The first-order chi connectivity index (χ1) is 13.8. The van der Waals surface area contributed by atoms with E-state index in [0.717, 1.165) is 11.1 Å². The van der Waals surface area contributed by atoms with Crippen molar-refractivity contribution in [3.05, 3.63) is 71.2 Å². The average molecular weight is 397 g/mol. The van der Waals surface area contributed by atoms with Crippen LogP contribution in [0.2, 0.25) is 0 Å². The van der Waals surface area contributed by atoms with Crippen molar-refractivity contribution in [1.82, 2.24) is 4.98 Å². The van der Waals surface area contributed by atoms with Crippen LogP contribution in [0.25, 0.3) is 11.1 Å². The number of oxazole rings is 1. The minimum absolute atomic E-state index is 0.254. The number of aryl methyl sites for hydroxylation is 1. The highest BCUT2D eigenvalue weighted by molar-refractivity contribution is 5.73. The van der Waals surface area contributed by atoms with Gasteiger partial charge in [0.2, 0.25) is 5.89 Å². The molecule has 0 bridgehead atoms. The summed E-state index contributed by atoms with van der Waals surface area (Å²) in [5.41, 5.74) is 2.94. The number of carbonyl (C=O) groups is 1. The first-order valence-corrected chi connectivity index (χ1v) is 9.41. The number of methoxy groups -OCH3 is 1. The fourth-order valence-electron chi connectivity index (χ4n) is 3.33. The van der Waals surface area contributed by atoms with E-state index in [1.807, 2.05) is 18.2 Å². The minimum atomic E-state index is -1.02. The fraction of sp³-hybridized carbons (Fsp3) is 0.304. The lowest BCUT2D eigenvalue weighted by Gasteiger charge is -2.16. The lowest BCUT2D eigenvalue weighted by molar-refractivity contribution is -0.137. The van der Waals surface area contributed by atoms with Crippen LogP contribution in [0.5, 0.6) is 5.75 Å². The van der Waals surface area contributed by atoms with Gasteiger partial charge in [-0.05, 0) is 59.9 Å². The molecule has 29 heavy (non-hydrogen) atoms. The molecule has 0 spiro atoms. The summed E-state index contributed by atoms with van der Waals surface area (Å²) in [5.74, 6) is -0.447. The van der Waals surface area contributed by atoms with Gasteiger partial charge in [0.25, 0.3) is 0 Å². The maximum absolute atomic E-state index is 14.6. The molecule has 1 N–H and O–H groups in total. The topological polar surface area (TPSA) is 72.6 Å². The van der Waals surface area contributed by atoms with Crippen molar-refractivity contribution in [3.8, 4) is 16.9 Å². The number of halogens is 1. The molecule has 6 heteroatoms. The van der Waals surface area contributed by atoms with E-state index in [2.05, 4.69) is 18.8 Å². The number of ether oxygens (including phenoxy) is 1. The van der Waals surface area contributed by atoms with Crippen molar-refractivity contribution >= 4 is 5.97 Å². The van der Waals surface area contributed by atoms with E-state index in [0.29, 0.717) is 28.6 Å². The molecule has 1 aromatic heterocycles. The van der Waals surface area contributed by atoms with Crippen LogP contribution in [0.15, 0.2) is 47.0 Å². The number of nitrogens with zero attached hydrogens (tertiary/aromatic N) is 1. The van der Waals surface area contributed by atoms with Crippen LogP contribution in [-0.4, -0.2) is 23.2 Å². The molecule has 1 unspecified atom stereocenters. The summed E-state index contributed by atoms with van der Waals surface area (Å²) >= 11 is 0. The van der Waals surface area contributed by atoms with Crippen molar-refractivity contribution in [2.24, 2.45) is 0 Å². The molecule has 3 rings (SSSR count). The largest absolute Gasteiger partial charge is 0.496 e. The monoisotopic (exact) mass is 397 g/mol. The molecule has 0 aliphatic carbocycles. The molecular formula is C23H24FNO4. The van der Waals surface area contributed by atoms with E-state index in [1.54, 1.807) is 20.1 Å². The summed E-state index contributed by atoms with van der Waals surface area (Å²) in [5, 5.41) is 9.37. The lowest BCUT2D eigenvalue weighted by atomic mass is 9.90. The van der Waals surface area contributed by atoms with Crippen LogP contribution < -0.4 is 4.74 Å². The van der Waals surface area contributed by atoms with Crippen LogP contribution >= 0.6 is 0 Å². The quantitative estimate of drug-likeness (QED) is 0.568. The zero-order valence-corrected chi connectivity index (χ0v) is 16.9. The zero-order chi connectivity index (χ0) is 21.1. The van der Waals surface area contributed by atoms with Crippen LogP contribution in [0.1, 0.15) is 54.9 Å². The predicted octanol–water partition coefficient (Wildman–Crippen LogP) is 5.53. The van der Waals surface area contributed by atoms with E-state index in [1.165, 1.54) is 18.3 Å². The summed E-state index contributed by atoms with van der Waals surface area (Å²) in [6, 6.07) is 10.3. The SMILES string of the molecule is COc1ccc(C(C)C)cc1-c1cc(F)cc(C(CC(=O)O)c2ncc(C)o2)c1. The molecule has 0 aliphatic rings. The first-order valence-electron chi connectivity index (χ1n) is 9.41. The zero-order valence-electron chi connectivity index (χ0n) is 16.9. The summed E-state index contributed by atoms with van der Waals surface area (Å²) in [7, 11) is 1.57. The number of aromatic nitrogens is 1. The van der Waals surface area contributed by atoms with Gasteiger partial charge in [-0.15, -0.1) is 0 Å². The Morgan fingerprint density at radius 2 is 1.97 bits per heavy atom. The molecule has 3 aromatic rings. The van der Waals surface area contributed by atoms with Crippen LogP contribution in [0.4, 0.5) is 4.39 Å². The van der Waals surface area contributed by atoms with Crippen LogP contribution in [0.3, 0.4) is 0 Å². The Kier molecular flexibility index (Phi) is 6.01. The number of rotatable bonds is 7. The third kappa shape index (κ3) is 4.65. The summed E-state index contributed by atoms with van der Waals surface area (Å²) in [6.07, 6.45) is 1.27. The van der Waals surface area contributed by atoms with Crippen molar-refractivity contribution in [2.45, 2.75) is 39.0 Å². The highest BCUT2D eigenvalue weighted by Gasteiger charge is 2.24. The predicted molar refractivity (Wildman–Crippen MR) is 108 cm³/mol. The molecular weight excluding hydrogens is 373 g/mol. The third-order valence-corrected chi connectivity index (χ3v) is 4.84. The molecule has 5 nitrogen and oxygen atoms in total. The van der Waals surface area contributed by atoms with Gasteiger partial charge in [-0.2, -0.15) is 0 Å². The number of aliphatic carboxylic acids is 1. The molecule has 0 aliphatic heterocycles. The van der Waals surface area contributed by atoms with Crippen molar-refractivity contribution < 1.29 is 23.4 Å². The second-order valence-electron chi connectivity index (χ2n) is 7.35. The second-order valence-corrected chi connectivity index (χ2v) is 7.35. The Morgan fingerprint density at radius 3 is 2.55 bits per heavy atom. The Labute approximate surface area is 169 Å². The highest BCUT2D eigenvalue weighted by Crippen LogP contribution is 2.37. The van der Waals surface area contributed by atoms with Crippen molar-refractivity contribution in [1.29, 1.82) is 0 Å². The number of hydrogen-bond acceptors (Lipinski definition) is 4. The van der Waals surface area contributed by atoms with Crippen LogP contribution in [0, 0.1) is 12.7 Å². The summed E-state index contributed by atoms with van der Waals surface area (Å²) < 4.78 is 25.6. The van der Waals surface area contributed by atoms with E-state index in [9.17, 15) is 14.3 Å². The Hall–Kier alpha value is -3.15. The van der Waals surface area contributed by atoms with E-state index < -0.39 is 17.7 Å². The van der Waals surface area contributed by atoms with Gasteiger partial charge in [-0.25, -0.2) is 9.37 Å². The number of carboxylic acid groups (broad SMARTS) is 1. The second kappa shape index (κ2) is 8.47. The van der Waals surface area contributed by atoms with Gasteiger partial charge in [-0.3, -0.25) is 4.79 Å². The maximum atomic E-state index is 14.6. The standard InChI is InChI=1S/C23H24FNO4/c1-13(2)15-5-6-21(28-4)19(10-15)16-7-17(9-18(24)8-16)20(11-22(26)27)23-25-12-14(3)29-23/h5-10,12-13,20H,11H2,1-4H3,(H,26,27). The lowest BCUT2D eigenvalue weighted by Crippen LogP contribution is -2.09. The molecule has 152 valence electrons. The Balaban J connectivity index is 2.14. The molecule has 0 radical (unpaired) electrons.